The molecule has 0 bridgehead atoms. The molecule has 2 nitrogen and oxygen atoms in total. The van der Waals surface area contributed by atoms with Gasteiger partial charge in [0, 0.05) is 37.6 Å². The van der Waals surface area contributed by atoms with Crippen molar-refractivity contribution in [3.63, 3.8) is 0 Å². The molecule has 0 atom stereocenters. The van der Waals surface area contributed by atoms with Crippen LogP contribution in [0.4, 0.5) is 11.4 Å². The summed E-state index contributed by atoms with van der Waals surface area (Å²) in [6, 6.07) is 18.5. The summed E-state index contributed by atoms with van der Waals surface area (Å²) in [4.78, 5) is 4.82. The molecule has 2 aromatic rings. The number of hydrogen-bond acceptors (Lipinski definition) is 2. The van der Waals surface area contributed by atoms with Crippen LogP contribution in [0.3, 0.4) is 0 Å². The van der Waals surface area contributed by atoms with Crippen LogP contribution in [0.2, 0.25) is 0 Å². The summed E-state index contributed by atoms with van der Waals surface area (Å²) in [7, 11) is 0. The Kier molecular flexibility index (Phi) is 7.19. The van der Waals surface area contributed by atoms with Crippen LogP contribution in [0.25, 0.3) is 5.57 Å². The van der Waals surface area contributed by atoms with Gasteiger partial charge in [-0.3, -0.25) is 0 Å². The molecule has 0 spiro atoms. The fourth-order valence-electron chi connectivity index (χ4n) is 4.48. The number of rotatable bonds is 8. The zero-order valence-corrected chi connectivity index (χ0v) is 18.2. The highest BCUT2D eigenvalue weighted by Crippen LogP contribution is 2.37. The normalized spacial score (nSPS) is 13.6. The van der Waals surface area contributed by atoms with Crippen molar-refractivity contribution < 1.29 is 0 Å². The van der Waals surface area contributed by atoms with E-state index in [2.05, 4.69) is 86.0 Å². The Morgan fingerprint density at radius 1 is 0.607 bits per heavy atom. The van der Waals surface area contributed by atoms with Crippen molar-refractivity contribution in [3.05, 3.63) is 65.2 Å². The molecule has 1 saturated carbocycles. The summed E-state index contributed by atoms with van der Waals surface area (Å²) in [6.45, 7) is 13.1. The summed E-state index contributed by atoms with van der Waals surface area (Å²) >= 11 is 0. The highest BCUT2D eigenvalue weighted by Gasteiger charge is 2.16. The number of benzene rings is 2. The van der Waals surface area contributed by atoms with Gasteiger partial charge >= 0.3 is 0 Å². The van der Waals surface area contributed by atoms with Gasteiger partial charge < -0.3 is 9.80 Å². The molecule has 150 valence electrons. The molecule has 0 saturated heterocycles. The van der Waals surface area contributed by atoms with Crippen LogP contribution in [0.1, 0.15) is 64.5 Å². The highest BCUT2D eigenvalue weighted by molar-refractivity contribution is 5.83. The minimum absolute atomic E-state index is 1.05. The van der Waals surface area contributed by atoms with Gasteiger partial charge in [-0.25, -0.2) is 0 Å². The van der Waals surface area contributed by atoms with Crippen molar-refractivity contribution in [2.45, 2.75) is 53.4 Å². The minimum Gasteiger partial charge on any atom is -0.372 e. The monoisotopic (exact) mass is 376 g/mol. The lowest BCUT2D eigenvalue weighted by Crippen LogP contribution is -2.21. The largest absolute Gasteiger partial charge is 0.372 e. The minimum atomic E-state index is 1.05. The summed E-state index contributed by atoms with van der Waals surface area (Å²) in [5, 5.41) is 0. The number of allylic oxidation sites excluding steroid dienone is 1. The standard InChI is InChI=1S/C26H36N2/c1-5-27(6-2)24-17-13-22(14-18-24)26(21-11-9-10-12-21)23-15-19-25(20-16-23)28(7-3)8-4/h13-20H,5-12H2,1-4H3. The summed E-state index contributed by atoms with van der Waals surface area (Å²) in [5.41, 5.74) is 8.47. The smallest absolute Gasteiger partial charge is 0.0366 e. The van der Waals surface area contributed by atoms with Crippen LogP contribution >= 0.6 is 0 Å². The van der Waals surface area contributed by atoms with Crippen LogP contribution < -0.4 is 9.80 Å². The number of nitrogens with zero attached hydrogens (tertiary/aromatic N) is 2. The molecule has 1 aliphatic rings. The Morgan fingerprint density at radius 3 is 1.29 bits per heavy atom. The average molecular weight is 377 g/mol. The maximum absolute atomic E-state index is 2.41. The van der Waals surface area contributed by atoms with E-state index in [-0.39, 0.29) is 0 Å². The van der Waals surface area contributed by atoms with Gasteiger partial charge in [0.1, 0.15) is 0 Å². The third-order valence-corrected chi connectivity index (χ3v) is 6.13. The first-order chi connectivity index (χ1) is 13.7. The molecule has 28 heavy (non-hydrogen) atoms. The molecule has 0 unspecified atom stereocenters. The van der Waals surface area contributed by atoms with E-state index in [1.54, 1.807) is 5.57 Å². The lowest BCUT2D eigenvalue weighted by Gasteiger charge is -2.23. The van der Waals surface area contributed by atoms with Crippen molar-refractivity contribution in [2.75, 3.05) is 36.0 Å². The van der Waals surface area contributed by atoms with E-state index in [9.17, 15) is 0 Å². The topological polar surface area (TPSA) is 6.48 Å². The molecule has 0 amide bonds. The quantitative estimate of drug-likeness (QED) is 0.502. The van der Waals surface area contributed by atoms with Crippen molar-refractivity contribution >= 4 is 16.9 Å². The van der Waals surface area contributed by atoms with Crippen molar-refractivity contribution in [3.8, 4) is 0 Å². The van der Waals surface area contributed by atoms with E-state index >= 15 is 0 Å². The second kappa shape index (κ2) is 9.82. The van der Waals surface area contributed by atoms with Crippen molar-refractivity contribution in [1.82, 2.24) is 0 Å². The molecule has 1 aliphatic carbocycles. The molecular formula is C26H36N2. The lowest BCUT2D eigenvalue weighted by atomic mass is 9.91. The zero-order chi connectivity index (χ0) is 19.9. The third-order valence-electron chi connectivity index (χ3n) is 6.13. The first-order valence-corrected chi connectivity index (χ1v) is 11.1. The predicted molar refractivity (Wildman–Crippen MR) is 124 cm³/mol. The van der Waals surface area contributed by atoms with Gasteiger partial charge in [0.2, 0.25) is 0 Å². The van der Waals surface area contributed by atoms with E-state index in [0.717, 1.165) is 26.2 Å². The van der Waals surface area contributed by atoms with E-state index in [4.69, 9.17) is 0 Å². The fraction of sp³-hybridized carbons (Fsp3) is 0.462. The molecule has 0 aliphatic heterocycles. The van der Waals surface area contributed by atoms with Crippen LogP contribution in [0.15, 0.2) is 54.1 Å². The second-order valence-corrected chi connectivity index (χ2v) is 7.62. The lowest BCUT2D eigenvalue weighted by molar-refractivity contribution is 0.866. The molecule has 1 fully saturated rings. The van der Waals surface area contributed by atoms with E-state index in [0.29, 0.717) is 0 Å². The van der Waals surface area contributed by atoms with Crippen LogP contribution in [-0.4, -0.2) is 26.2 Å². The van der Waals surface area contributed by atoms with Crippen LogP contribution in [-0.2, 0) is 0 Å². The van der Waals surface area contributed by atoms with Crippen LogP contribution in [0, 0.1) is 0 Å². The Morgan fingerprint density at radius 2 is 0.964 bits per heavy atom. The molecule has 2 aromatic carbocycles. The van der Waals surface area contributed by atoms with Crippen LogP contribution in [0.5, 0.6) is 0 Å². The number of anilines is 2. The second-order valence-electron chi connectivity index (χ2n) is 7.62. The SMILES string of the molecule is CCN(CC)c1ccc(C(=C2CCCC2)c2ccc(N(CC)CC)cc2)cc1. The van der Waals surface area contributed by atoms with Gasteiger partial charge in [-0.2, -0.15) is 0 Å². The first-order valence-electron chi connectivity index (χ1n) is 11.1. The maximum atomic E-state index is 2.41. The maximum Gasteiger partial charge on any atom is 0.0366 e. The molecule has 3 rings (SSSR count). The Bertz CT molecular complexity index is 698. The average Bonchev–Trinajstić information content (AvgIpc) is 3.26. The molecular weight excluding hydrogens is 340 g/mol. The molecule has 2 heteroatoms. The van der Waals surface area contributed by atoms with Crippen molar-refractivity contribution in [1.29, 1.82) is 0 Å². The molecule has 0 radical (unpaired) electrons. The van der Waals surface area contributed by atoms with Gasteiger partial charge in [-0.05, 0) is 94.3 Å². The van der Waals surface area contributed by atoms with Gasteiger partial charge in [-0.15, -0.1) is 0 Å². The summed E-state index contributed by atoms with van der Waals surface area (Å²) in [6.07, 6.45) is 5.14. The van der Waals surface area contributed by atoms with Crippen molar-refractivity contribution in [2.24, 2.45) is 0 Å². The Labute approximate surface area is 171 Å². The van der Waals surface area contributed by atoms with E-state index in [1.807, 2.05) is 0 Å². The Balaban J connectivity index is 1.96. The zero-order valence-electron chi connectivity index (χ0n) is 18.2. The molecule has 0 aromatic heterocycles. The number of hydrogen-bond donors (Lipinski definition) is 0. The summed E-state index contributed by atoms with van der Waals surface area (Å²) < 4.78 is 0. The summed E-state index contributed by atoms with van der Waals surface area (Å²) in [5.74, 6) is 0. The predicted octanol–water partition coefficient (Wildman–Crippen LogP) is 6.75. The highest BCUT2D eigenvalue weighted by atomic mass is 15.1. The molecule has 0 N–H and O–H groups in total. The Hall–Kier alpha value is -2.22. The fourth-order valence-corrected chi connectivity index (χ4v) is 4.48. The van der Waals surface area contributed by atoms with Gasteiger partial charge in [0.05, 0.1) is 0 Å². The first kappa shape index (κ1) is 20.5. The third kappa shape index (κ3) is 4.43. The van der Waals surface area contributed by atoms with Gasteiger partial charge in [0.25, 0.3) is 0 Å². The van der Waals surface area contributed by atoms with E-state index in [1.165, 1.54) is 53.8 Å². The van der Waals surface area contributed by atoms with E-state index < -0.39 is 0 Å². The van der Waals surface area contributed by atoms with Gasteiger partial charge in [-0.1, -0.05) is 29.8 Å². The van der Waals surface area contributed by atoms with Gasteiger partial charge in [0.15, 0.2) is 0 Å². The molecule has 0 heterocycles.